The Morgan fingerprint density at radius 2 is 1.88 bits per heavy atom. The minimum atomic E-state index is 0.0464. The van der Waals surface area contributed by atoms with Gasteiger partial charge in [0.25, 0.3) is 0 Å². The van der Waals surface area contributed by atoms with Gasteiger partial charge in [0.05, 0.1) is 0 Å². The minimum absolute atomic E-state index is 0.0464. The van der Waals surface area contributed by atoms with Gasteiger partial charge in [-0.25, -0.2) is 0 Å². The highest BCUT2D eigenvalue weighted by Crippen LogP contribution is 2.47. The SMILES string of the molecule is C=C(C)[C@@H](C)[C@@H]1CCC(C)=CC1c1c(O)cc(CCCCC)cc1O. The molecule has 2 nitrogen and oxygen atoms in total. The van der Waals surface area contributed by atoms with Gasteiger partial charge in [-0.1, -0.05) is 50.5 Å². The number of rotatable bonds is 7. The first-order valence-electron chi connectivity index (χ1n) is 9.72. The van der Waals surface area contributed by atoms with Crippen LogP contribution in [0.15, 0.2) is 35.9 Å². The van der Waals surface area contributed by atoms with Gasteiger partial charge in [0.1, 0.15) is 11.5 Å². The molecular weight excluding hydrogens is 308 g/mol. The summed E-state index contributed by atoms with van der Waals surface area (Å²) in [6.45, 7) is 12.7. The predicted octanol–water partition coefficient (Wildman–Crippen LogP) is 6.48. The third-order valence-electron chi connectivity index (χ3n) is 5.82. The van der Waals surface area contributed by atoms with E-state index in [-0.39, 0.29) is 17.4 Å². The first-order chi connectivity index (χ1) is 11.8. The standard InChI is InChI=1S/C23H34O2/c1-6-7-8-9-18-13-21(24)23(22(25)14-18)20-12-16(4)10-11-19(20)17(5)15(2)3/h12-14,17,19-20,24-25H,2,6-11H2,1,3-5H3/t17-,19+,20?/m1/s1. The van der Waals surface area contributed by atoms with Crippen LogP contribution in [-0.2, 0) is 6.42 Å². The van der Waals surface area contributed by atoms with Crippen LogP contribution in [0.3, 0.4) is 0 Å². The molecule has 138 valence electrons. The van der Waals surface area contributed by atoms with E-state index in [0.717, 1.165) is 36.8 Å². The lowest BCUT2D eigenvalue weighted by Gasteiger charge is -2.35. The zero-order valence-corrected chi connectivity index (χ0v) is 16.3. The molecule has 0 radical (unpaired) electrons. The van der Waals surface area contributed by atoms with Gasteiger partial charge < -0.3 is 10.2 Å². The molecule has 0 bridgehead atoms. The molecule has 0 amide bonds. The van der Waals surface area contributed by atoms with Gasteiger partial charge in [0.2, 0.25) is 0 Å². The van der Waals surface area contributed by atoms with Crippen molar-refractivity contribution >= 4 is 0 Å². The molecule has 0 saturated heterocycles. The Morgan fingerprint density at radius 3 is 2.44 bits per heavy atom. The van der Waals surface area contributed by atoms with E-state index in [9.17, 15) is 10.2 Å². The molecule has 0 spiro atoms. The largest absolute Gasteiger partial charge is 0.507 e. The van der Waals surface area contributed by atoms with Crippen LogP contribution in [-0.4, -0.2) is 10.2 Å². The van der Waals surface area contributed by atoms with Crippen molar-refractivity contribution in [1.82, 2.24) is 0 Å². The average Bonchev–Trinajstić information content (AvgIpc) is 2.54. The second kappa shape index (κ2) is 8.60. The van der Waals surface area contributed by atoms with E-state index in [1.54, 1.807) is 0 Å². The Bertz CT molecular complexity index is 618. The van der Waals surface area contributed by atoms with Crippen molar-refractivity contribution in [3.05, 3.63) is 47.1 Å². The summed E-state index contributed by atoms with van der Waals surface area (Å²) in [7, 11) is 0. The van der Waals surface area contributed by atoms with Crippen molar-refractivity contribution in [2.24, 2.45) is 11.8 Å². The quantitative estimate of drug-likeness (QED) is 0.439. The second-order valence-electron chi connectivity index (χ2n) is 7.88. The number of phenolic OH excluding ortho intramolecular Hbond substituents is 2. The lowest BCUT2D eigenvalue weighted by molar-refractivity contribution is 0.316. The van der Waals surface area contributed by atoms with Crippen LogP contribution >= 0.6 is 0 Å². The summed E-state index contributed by atoms with van der Waals surface area (Å²) in [5.41, 5.74) is 4.21. The van der Waals surface area contributed by atoms with Crippen molar-refractivity contribution in [3.63, 3.8) is 0 Å². The molecule has 2 rings (SSSR count). The van der Waals surface area contributed by atoms with Crippen LogP contribution in [0.1, 0.15) is 76.8 Å². The third kappa shape index (κ3) is 4.68. The smallest absolute Gasteiger partial charge is 0.123 e. The van der Waals surface area contributed by atoms with Crippen LogP contribution in [0.4, 0.5) is 0 Å². The normalized spacial score (nSPS) is 21.7. The molecule has 0 saturated carbocycles. The molecular formula is C23H34O2. The highest BCUT2D eigenvalue weighted by molar-refractivity contribution is 5.51. The number of aromatic hydroxyl groups is 2. The number of allylic oxidation sites excluding steroid dienone is 3. The van der Waals surface area contributed by atoms with Gasteiger partial charge in [-0.05, 0) is 69.1 Å². The van der Waals surface area contributed by atoms with Crippen molar-refractivity contribution < 1.29 is 10.2 Å². The van der Waals surface area contributed by atoms with Gasteiger partial charge in [0, 0.05) is 11.5 Å². The van der Waals surface area contributed by atoms with Crippen LogP contribution in [0.2, 0.25) is 0 Å². The average molecular weight is 343 g/mol. The van der Waals surface area contributed by atoms with Crippen LogP contribution in [0.5, 0.6) is 11.5 Å². The highest BCUT2D eigenvalue weighted by Gasteiger charge is 2.33. The summed E-state index contributed by atoms with van der Waals surface area (Å²) >= 11 is 0. The number of benzene rings is 1. The van der Waals surface area contributed by atoms with Crippen LogP contribution in [0.25, 0.3) is 0 Å². The first-order valence-corrected chi connectivity index (χ1v) is 9.72. The predicted molar refractivity (Wildman–Crippen MR) is 106 cm³/mol. The summed E-state index contributed by atoms with van der Waals surface area (Å²) in [6.07, 6.45) is 8.72. The molecule has 2 N–H and O–H groups in total. The molecule has 0 fully saturated rings. The Balaban J connectivity index is 2.36. The maximum absolute atomic E-state index is 10.7. The fraction of sp³-hybridized carbons (Fsp3) is 0.565. The Kier molecular flexibility index (Phi) is 6.75. The van der Waals surface area contributed by atoms with Crippen molar-refractivity contribution in [3.8, 4) is 11.5 Å². The maximum atomic E-state index is 10.7. The molecule has 1 aromatic rings. The maximum Gasteiger partial charge on any atom is 0.123 e. The Hall–Kier alpha value is -1.70. The summed E-state index contributed by atoms with van der Waals surface area (Å²) in [5.74, 6) is 1.24. The van der Waals surface area contributed by atoms with Crippen LogP contribution in [0, 0.1) is 11.8 Å². The Labute approximate surface area is 153 Å². The van der Waals surface area contributed by atoms with Crippen molar-refractivity contribution in [1.29, 1.82) is 0 Å². The molecule has 0 aromatic heterocycles. The van der Waals surface area contributed by atoms with Gasteiger partial charge in [-0.2, -0.15) is 0 Å². The molecule has 2 heteroatoms. The zero-order valence-electron chi connectivity index (χ0n) is 16.3. The molecule has 1 aromatic carbocycles. The molecule has 1 aliphatic rings. The van der Waals surface area contributed by atoms with Gasteiger partial charge in [0.15, 0.2) is 0 Å². The number of phenols is 2. The number of aryl methyl sites for hydroxylation is 1. The topological polar surface area (TPSA) is 40.5 Å². The molecule has 1 aliphatic carbocycles. The van der Waals surface area contributed by atoms with Gasteiger partial charge >= 0.3 is 0 Å². The van der Waals surface area contributed by atoms with E-state index in [1.807, 2.05) is 12.1 Å². The fourth-order valence-electron chi connectivity index (χ4n) is 4.06. The number of unbranched alkanes of at least 4 members (excludes halogenated alkanes) is 2. The summed E-state index contributed by atoms with van der Waals surface area (Å²) in [4.78, 5) is 0. The second-order valence-corrected chi connectivity index (χ2v) is 7.88. The molecule has 3 atom stereocenters. The van der Waals surface area contributed by atoms with Crippen molar-refractivity contribution in [2.45, 2.75) is 72.1 Å². The van der Waals surface area contributed by atoms with E-state index >= 15 is 0 Å². The minimum Gasteiger partial charge on any atom is -0.507 e. The molecule has 0 aliphatic heterocycles. The summed E-state index contributed by atoms with van der Waals surface area (Å²) < 4.78 is 0. The molecule has 1 unspecified atom stereocenters. The first kappa shape index (κ1) is 19.6. The van der Waals surface area contributed by atoms with E-state index in [0.29, 0.717) is 17.4 Å². The lowest BCUT2D eigenvalue weighted by atomic mass is 9.69. The monoisotopic (exact) mass is 342 g/mol. The number of hydrogen-bond acceptors (Lipinski definition) is 2. The van der Waals surface area contributed by atoms with Crippen molar-refractivity contribution in [2.75, 3.05) is 0 Å². The van der Waals surface area contributed by atoms with E-state index in [2.05, 4.69) is 40.3 Å². The van der Waals surface area contributed by atoms with Gasteiger partial charge in [-0.15, -0.1) is 0 Å². The van der Waals surface area contributed by atoms with E-state index < -0.39 is 0 Å². The summed E-state index contributed by atoms with van der Waals surface area (Å²) in [6, 6.07) is 3.70. The zero-order chi connectivity index (χ0) is 18.6. The number of hydrogen-bond donors (Lipinski definition) is 2. The fourth-order valence-corrected chi connectivity index (χ4v) is 4.06. The molecule has 25 heavy (non-hydrogen) atoms. The lowest BCUT2D eigenvalue weighted by Crippen LogP contribution is -2.23. The molecule has 0 heterocycles. The third-order valence-corrected chi connectivity index (χ3v) is 5.82. The van der Waals surface area contributed by atoms with Gasteiger partial charge in [-0.3, -0.25) is 0 Å². The Morgan fingerprint density at radius 1 is 1.24 bits per heavy atom. The van der Waals surface area contributed by atoms with E-state index in [1.165, 1.54) is 18.4 Å². The summed E-state index contributed by atoms with van der Waals surface area (Å²) in [5, 5.41) is 21.4. The van der Waals surface area contributed by atoms with Crippen LogP contribution < -0.4 is 0 Å². The highest BCUT2D eigenvalue weighted by atomic mass is 16.3. The van der Waals surface area contributed by atoms with E-state index in [4.69, 9.17) is 0 Å².